The molecule has 0 saturated carbocycles. The quantitative estimate of drug-likeness (QED) is 0.642. The SMILES string of the molecule is CCCC(O)(CN)CC(CC)CC. The summed E-state index contributed by atoms with van der Waals surface area (Å²) in [7, 11) is 0. The van der Waals surface area contributed by atoms with Gasteiger partial charge < -0.3 is 10.8 Å². The summed E-state index contributed by atoms with van der Waals surface area (Å²) in [6.45, 7) is 6.85. The average molecular weight is 187 g/mol. The first-order valence-electron chi connectivity index (χ1n) is 5.54. The molecule has 0 radical (unpaired) electrons. The highest BCUT2D eigenvalue weighted by Gasteiger charge is 2.26. The minimum Gasteiger partial charge on any atom is -0.389 e. The highest BCUT2D eigenvalue weighted by molar-refractivity contribution is 4.81. The Labute approximate surface area is 82.5 Å². The molecule has 0 aromatic rings. The van der Waals surface area contributed by atoms with Gasteiger partial charge in [0.2, 0.25) is 0 Å². The Bertz CT molecular complexity index is 123. The lowest BCUT2D eigenvalue weighted by atomic mass is 9.84. The second kappa shape index (κ2) is 6.39. The fourth-order valence-corrected chi connectivity index (χ4v) is 1.87. The third kappa shape index (κ3) is 4.63. The van der Waals surface area contributed by atoms with Crippen LogP contribution in [0.15, 0.2) is 0 Å². The maximum Gasteiger partial charge on any atom is 0.0771 e. The van der Waals surface area contributed by atoms with Crippen LogP contribution in [0.2, 0.25) is 0 Å². The summed E-state index contributed by atoms with van der Waals surface area (Å²) in [5.41, 5.74) is 5.00. The summed E-state index contributed by atoms with van der Waals surface area (Å²) in [4.78, 5) is 0. The Hall–Kier alpha value is -0.0800. The third-order valence-corrected chi connectivity index (χ3v) is 2.92. The molecule has 0 aromatic carbocycles. The van der Waals surface area contributed by atoms with Gasteiger partial charge in [0.05, 0.1) is 5.60 Å². The van der Waals surface area contributed by atoms with Gasteiger partial charge in [0.1, 0.15) is 0 Å². The maximum absolute atomic E-state index is 10.1. The molecular formula is C11H25NO. The van der Waals surface area contributed by atoms with Crippen molar-refractivity contribution < 1.29 is 5.11 Å². The summed E-state index contributed by atoms with van der Waals surface area (Å²) < 4.78 is 0. The monoisotopic (exact) mass is 187 g/mol. The molecule has 1 atom stereocenters. The van der Waals surface area contributed by atoms with Gasteiger partial charge in [-0.05, 0) is 18.8 Å². The van der Waals surface area contributed by atoms with Crippen LogP contribution in [0.5, 0.6) is 0 Å². The van der Waals surface area contributed by atoms with Crippen LogP contribution in [-0.2, 0) is 0 Å². The van der Waals surface area contributed by atoms with Crippen LogP contribution in [0.25, 0.3) is 0 Å². The van der Waals surface area contributed by atoms with Crippen molar-refractivity contribution in [2.75, 3.05) is 6.54 Å². The van der Waals surface area contributed by atoms with E-state index in [-0.39, 0.29) is 0 Å². The molecule has 0 saturated heterocycles. The fourth-order valence-electron chi connectivity index (χ4n) is 1.87. The zero-order chi connectivity index (χ0) is 10.3. The Morgan fingerprint density at radius 3 is 2.08 bits per heavy atom. The maximum atomic E-state index is 10.1. The van der Waals surface area contributed by atoms with Crippen molar-refractivity contribution in [3.8, 4) is 0 Å². The topological polar surface area (TPSA) is 46.2 Å². The van der Waals surface area contributed by atoms with Crippen molar-refractivity contribution in [2.24, 2.45) is 11.7 Å². The van der Waals surface area contributed by atoms with Crippen LogP contribution in [0.1, 0.15) is 52.9 Å². The Balaban J connectivity index is 4.07. The van der Waals surface area contributed by atoms with Crippen LogP contribution in [0.4, 0.5) is 0 Å². The average Bonchev–Trinajstić information content (AvgIpc) is 2.15. The normalized spacial score (nSPS) is 16.2. The molecule has 0 amide bonds. The molecule has 0 spiro atoms. The van der Waals surface area contributed by atoms with Crippen LogP contribution in [0, 0.1) is 5.92 Å². The third-order valence-electron chi connectivity index (χ3n) is 2.92. The summed E-state index contributed by atoms with van der Waals surface area (Å²) in [6, 6.07) is 0. The first-order chi connectivity index (χ1) is 6.11. The van der Waals surface area contributed by atoms with Gasteiger partial charge in [-0.25, -0.2) is 0 Å². The van der Waals surface area contributed by atoms with Gasteiger partial charge in [0.15, 0.2) is 0 Å². The van der Waals surface area contributed by atoms with E-state index in [2.05, 4.69) is 20.8 Å². The van der Waals surface area contributed by atoms with Crippen LogP contribution >= 0.6 is 0 Å². The molecule has 0 aliphatic carbocycles. The van der Waals surface area contributed by atoms with Gasteiger partial charge in [-0.2, -0.15) is 0 Å². The molecule has 2 nitrogen and oxygen atoms in total. The first-order valence-corrected chi connectivity index (χ1v) is 5.54. The van der Waals surface area contributed by atoms with Gasteiger partial charge >= 0.3 is 0 Å². The van der Waals surface area contributed by atoms with E-state index in [1.54, 1.807) is 0 Å². The van der Waals surface area contributed by atoms with Crippen molar-refractivity contribution >= 4 is 0 Å². The second-order valence-corrected chi connectivity index (χ2v) is 4.07. The van der Waals surface area contributed by atoms with Gasteiger partial charge in [-0.1, -0.05) is 40.0 Å². The molecule has 0 fully saturated rings. The predicted molar refractivity (Wildman–Crippen MR) is 57.6 cm³/mol. The standard InChI is InChI=1S/C11H25NO/c1-4-7-11(13,9-12)8-10(5-2)6-3/h10,13H,4-9,12H2,1-3H3. The van der Waals surface area contributed by atoms with Gasteiger partial charge in [0.25, 0.3) is 0 Å². The van der Waals surface area contributed by atoms with Gasteiger partial charge in [0, 0.05) is 6.54 Å². The van der Waals surface area contributed by atoms with Crippen molar-refractivity contribution in [1.29, 1.82) is 0 Å². The number of rotatable bonds is 7. The summed E-state index contributed by atoms with van der Waals surface area (Å²) >= 11 is 0. The van der Waals surface area contributed by atoms with E-state index in [4.69, 9.17) is 5.73 Å². The smallest absolute Gasteiger partial charge is 0.0771 e. The number of nitrogens with two attached hydrogens (primary N) is 1. The Kier molecular flexibility index (Phi) is 6.35. The van der Waals surface area contributed by atoms with E-state index in [1.165, 1.54) is 0 Å². The number of hydrogen-bond donors (Lipinski definition) is 2. The molecule has 0 aliphatic rings. The molecule has 0 aromatic heterocycles. The zero-order valence-corrected chi connectivity index (χ0v) is 9.34. The summed E-state index contributed by atoms with van der Waals surface area (Å²) in [5.74, 6) is 0.625. The number of aliphatic hydroxyl groups is 1. The van der Waals surface area contributed by atoms with Crippen molar-refractivity contribution in [1.82, 2.24) is 0 Å². The van der Waals surface area contributed by atoms with Crippen molar-refractivity contribution in [3.05, 3.63) is 0 Å². The fraction of sp³-hybridized carbons (Fsp3) is 1.00. The first kappa shape index (κ1) is 12.9. The van der Waals surface area contributed by atoms with Crippen LogP contribution in [0.3, 0.4) is 0 Å². The minimum absolute atomic E-state index is 0.400. The minimum atomic E-state index is -0.606. The van der Waals surface area contributed by atoms with Crippen molar-refractivity contribution in [2.45, 2.75) is 58.5 Å². The molecule has 3 N–H and O–H groups in total. The number of hydrogen-bond acceptors (Lipinski definition) is 2. The summed E-state index contributed by atoms with van der Waals surface area (Å²) in [6.07, 6.45) is 4.99. The lowest BCUT2D eigenvalue weighted by molar-refractivity contribution is 0.0137. The van der Waals surface area contributed by atoms with Crippen molar-refractivity contribution in [3.63, 3.8) is 0 Å². The highest BCUT2D eigenvalue weighted by atomic mass is 16.3. The van der Waals surface area contributed by atoms with Gasteiger partial charge in [-0.15, -0.1) is 0 Å². The zero-order valence-electron chi connectivity index (χ0n) is 9.34. The molecular weight excluding hydrogens is 162 g/mol. The Morgan fingerprint density at radius 1 is 1.23 bits per heavy atom. The lowest BCUT2D eigenvalue weighted by Crippen LogP contribution is -2.39. The molecule has 0 rings (SSSR count). The molecule has 13 heavy (non-hydrogen) atoms. The molecule has 0 bridgehead atoms. The molecule has 1 unspecified atom stereocenters. The highest BCUT2D eigenvalue weighted by Crippen LogP contribution is 2.25. The largest absolute Gasteiger partial charge is 0.389 e. The van der Waals surface area contributed by atoms with E-state index in [1.807, 2.05) is 0 Å². The lowest BCUT2D eigenvalue weighted by Gasteiger charge is -2.29. The molecule has 0 heterocycles. The van der Waals surface area contributed by atoms with Crippen LogP contribution in [-0.4, -0.2) is 17.3 Å². The Morgan fingerprint density at radius 2 is 1.77 bits per heavy atom. The summed E-state index contributed by atoms with van der Waals surface area (Å²) in [5, 5.41) is 10.1. The van der Waals surface area contributed by atoms with E-state index < -0.39 is 5.60 Å². The van der Waals surface area contributed by atoms with Crippen LogP contribution < -0.4 is 5.73 Å². The molecule has 2 heteroatoms. The van der Waals surface area contributed by atoms with E-state index >= 15 is 0 Å². The second-order valence-electron chi connectivity index (χ2n) is 4.07. The van der Waals surface area contributed by atoms with E-state index in [0.29, 0.717) is 12.5 Å². The predicted octanol–water partition coefficient (Wildman–Crippen LogP) is 2.30. The van der Waals surface area contributed by atoms with E-state index in [0.717, 1.165) is 32.1 Å². The molecule has 80 valence electrons. The van der Waals surface area contributed by atoms with Gasteiger partial charge in [-0.3, -0.25) is 0 Å². The van der Waals surface area contributed by atoms with E-state index in [9.17, 15) is 5.11 Å². The molecule has 0 aliphatic heterocycles.